The van der Waals surface area contributed by atoms with E-state index in [1.54, 1.807) is 37.3 Å². The number of rotatable bonds is 8. The van der Waals surface area contributed by atoms with E-state index < -0.39 is 10.0 Å². The van der Waals surface area contributed by atoms with Crippen molar-refractivity contribution in [3.05, 3.63) is 83.7 Å². The molecule has 1 aliphatic rings. The lowest BCUT2D eigenvalue weighted by Gasteiger charge is -2.30. The molecular formula is C26H32N4O3S. The van der Waals surface area contributed by atoms with Gasteiger partial charge in [0.15, 0.2) is 0 Å². The van der Waals surface area contributed by atoms with Crippen LogP contribution in [0.1, 0.15) is 53.6 Å². The fraction of sp³-hybridized carbons (Fsp3) is 0.385. The zero-order chi connectivity index (χ0) is 24.1. The summed E-state index contributed by atoms with van der Waals surface area (Å²) in [4.78, 5) is 14.8. The third kappa shape index (κ3) is 5.56. The predicted octanol–water partition coefficient (Wildman–Crippen LogP) is 4.16. The zero-order valence-electron chi connectivity index (χ0n) is 19.8. The van der Waals surface area contributed by atoms with Gasteiger partial charge in [-0.1, -0.05) is 49.6 Å². The molecule has 0 unspecified atom stereocenters. The van der Waals surface area contributed by atoms with E-state index in [-0.39, 0.29) is 16.8 Å². The number of carbonyl (C=O) groups excluding carboxylic acids is 1. The minimum Gasteiger partial charge on any atom is -0.337 e. The number of sulfonamides is 1. The summed E-state index contributed by atoms with van der Waals surface area (Å²) in [6.45, 7) is 1.09. The summed E-state index contributed by atoms with van der Waals surface area (Å²) < 4.78 is 29.4. The minimum absolute atomic E-state index is 0.0500. The van der Waals surface area contributed by atoms with Crippen molar-refractivity contribution in [2.45, 2.75) is 56.1 Å². The summed E-state index contributed by atoms with van der Waals surface area (Å²) in [7, 11) is -0.178. The van der Waals surface area contributed by atoms with Crippen LogP contribution in [-0.2, 0) is 23.1 Å². The smallest absolute Gasteiger partial charge is 0.253 e. The lowest BCUT2D eigenvalue weighted by atomic mass is 9.96. The first-order valence-electron chi connectivity index (χ1n) is 11.7. The largest absolute Gasteiger partial charge is 0.337 e. The molecule has 34 heavy (non-hydrogen) atoms. The molecule has 1 aromatic heterocycles. The maximum absolute atomic E-state index is 13.0. The van der Waals surface area contributed by atoms with Gasteiger partial charge in [0.1, 0.15) is 0 Å². The fourth-order valence-electron chi connectivity index (χ4n) is 4.49. The maximum atomic E-state index is 13.0. The van der Waals surface area contributed by atoms with Gasteiger partial charge in [-0.3, -0.25) is 9.48 Å². The van der Waals surface area contributed by atoms with Crippen molar-refractivity contribution in [2.24, 2.45) is 0 Å². The molecule has 0 bridgehead atoms. The molecule has 8 heteroatoms. The Labute approximate surface area is 202 Å². The molecule has 1 aliphatic carbocycles. The van der Waals surface area contributed by atoms with E-state index in [1.807, 2.05) is 41.2 Å². The monoisotopic (exact) mass is 480 g/mol. The van der Waals surface area contributed by atoms with Gasteiger partial charge in [0.05, 0.1) is 17.6 Å². The molecule has 0 aliphatic heterocycles. The number of nitrogens with zero attached hydrogens (tertiary/aromatic N) is 4. The SMILES string of the molecule is CN(Cc1cnn(Cc2ccccc2)c1)C(=O)c1ccc(S(=O)(=O)N(C)C2CCCCC2)cc1. The summed E-state index contributed by atoms with van der Waals surface area (Å²) in [6.07, 6.45) is 8.81. The number of benzene rings is 2. The van der Waals surface area contributed by atoms with Gasteiger partial charge in [0.2, 0.25) is 10.0 Å². The number of aromatic nitrogens is 2. The van der Waals surface area contributed by atoms with E-state index in [1.165, 1.54) is 22.9 Å². The van der Waals surface area contributed by atoms with Crippen molar-refractivity contribution in [1.82, 2.24) is 19.0 Å². The van der Waals surface area contributed by atoms with Gasteiger partial charge >= 0.3 is 0 Å². The summed E-state index contributed by atoms with van der Waals surface area (Å²) in [5.74, 6) is -0.166. The first-order chi connectivity index (χ1) is 16.3. The molecule has 1 amide bonds. The van der Waals surface area contributed by atoms with Crippen LogP contribution in [0.25, 0.3) is 0 Å². The summed E-state index contributed by atoms with van der Waals surface area (Å²) in [6, 6.07) is 16.4. The molecule has 0 atom stereocenters. The Hall–Kier alpha value is -2.97. The highest BCUT2D eigenvalue weighted by molar-refractivity contribution is 7.89. The molecule has 0 radical (unpaired) electrons. The lowest BCUT2D eigenvalue weighted by Crippen LogP contribution is -2.38. The Morgan fingerprint density at radius 2 is 1.65 bits per heavy atom. The number of hydrogen-bond donors (Lipinski definition) is 0. The second-order valence-electron chi connectivity index (χ2n) is 9.03. The Morgan fingerprint density at radius 3 is 2.32 bits per heavy atom. The number of carbonyl (C=O) groups is 1. The molecule has 7 nitrogen and oxygen atoms in total. The predicted molar refractivity (Wildman–Crippen MR) is 132 cm³/mol. The quantitative estimate of drug-likeness (QED) is 0.485. The fourth-order valence-corrected chi connectivity index (χ4v) is 5.90. The summed E-state index contributed by atoms with van der Waals surface area (Å²) in [5, 5.41) is 4.40. The highest BCUT2D eigenvalue weighted by Crippen LogP contribution is 2.26. The van der Waals surface area contributed by atoms with Crippen LogP contribution >= 0.6 is 0 Å². The van der Waals surface area contributed by atoms with Crippen LogP contribution in [0.4, 0.5) is 0 Å². The lowest BCUT2D eigenvalue weighted by molar-refractivity contribution is 0.0785. The topological polar surface area (TPSA) is 75.5 Å². The summed E-state index contributed by atoms with van der Waals surface area (Å²) in [5.41, 5.74) is 2.55. The standard InChI is InChI=1S/C26H32N4O3S/c1-28(18-22-17-27-30(20-22)19-21-9-5-3-6-10-21)26(31)23-13-15-25(16-14-23)34(32,33)29(2)24-11-7-4-8-12-24/h3,5-6,9-10,13-17,20,24H,4,7-8,11-12,18-19H2,1-2H3. The van der Waals surface area contributed by atoms with Crippen LogP contribution in [0.15, 0.2) is 71.9 Å². The van der Waals surface area contributed by atoms with Gasteiger partial charge in [-0.15, -0.1) is 0 Å². The Kier molecular flexibility index (Phi) is 7.48. The van der Waals surface area contributed by atoms with E-state index in [0.29, 0.717) is 18.7 Å². The second kappa shape index (κ2) is 10.5. The second-order valence-corrected chi connectivity index (χ2v) is 11.0. The number of hydrogen-bond acceptors (Lipinski definition) is 4. The first-order valence-corrected chi connectivity index (χ1v) is 13.2. The highest BCUT2D eigenvalue weighted by atomic mass is 32.2. The average molecular weight is 481 g/mol. The van der Waals surface area contributed by atoms with Gasteiger partial charge in [-0.05, 0) is 42.7 Å². The van der Waals surface area contributed by atoms with Gasteiger partial charge in [0, 0.05) is 44.0 Å². The molecule has 2 aromatic carbocycles. The van der Waals surface area contributed by atoms with E-state index in [0.717, 1.165) is 36.8 Å². The number of amides is 1. The van der Waals surface area contributed by atoms with Crippen LogP contribution in [0.5, 0.6) is 0 Å². The molecular weight excluding hydrogens is 448 g/mol. The Balaban J connectivity index is 1.38. The van der Waals surface area contributed by atoms with E-state index in [9.17, 15) is 13.2 Å². The van der Waals surface area contributed by atoms with Crippen molar-refractivity contribution >= 4 is 15.9 Å². The van der Waals surface area contributed by atoms with Crippen molar-refractivity contribution < 1.29 is 13.2 Å². The van der Waals surface area contributed by atoms with Crippen molar-refractivity contribution in [2.75, 3.05) is 14.1 Å². The maximum Gasteiger partial charge on any atom is 0.253 e. The third-order valence-corrected chi connectivity index (χ3v) is 8.43. The molecule has 1 fully saturated rings. The van der Waals surface area contributed by atoms with Crippen LogP contribution in [0.2, 0.25) is 0 Å². The van der Waals surface area contributed by atoms with Crippen LogP contribution in [-0.4, -0.2) is 53.4 Å². The van der Waals surface area contributed by atoms with Crippen molar-refractivity contribution in [3.63, 3.8) is 0 Å². The Morgan fingerprint density at radius 1 is 0.971 bits per heavy atom. The van der Waals surface area contributed by atoms with Gasteiger partial charge in [-0.2, -0.15) is 9.40 Å². The van der Waals surface area contributed by atoms with E-state index in [4.69, 9.17) is 0 Å². The van der Waals surface area contributed by atoms with Gasteiger partial charge in [0.25, 0.3) is 5.91 Å². The first kappa shape index (κ1) is 24.2. The van der Waals surface area contributed by atoms with Crippen molar-refractivity contribution in [3.8, 4) is 0 Å². The molecule has 0 spiro atoms. The molecule has 0 N–H and O–H groups in total. The van der Waals surface area contributed by atoms with Crippen LogP contribution in [0, 0.1) is 0 Å². The molecule has 1 saturated carbocycles. The van der Waals surface area contributed by atoms with Crippen molar-refractivity contribution in [1.29, 1.82) is 0 Å². The molecule has 3 aromatic rings. The normalized spacial score (nSPS) is 14.9. The highest BCUT2D eigenvalue weighted by Gasteiger charge is 2.29. The minimum atomic E-state index is -3.58. The third-order valence-electron chi connectivity index (χ3n) is 6.51. The molecule has 0 saturated heterocycles. The van der Waals surface area contributed by atoms with E-state index in [2.05, 4.69) is 5.10 Å². The van der Waals surface area contributed by atoms with Crippen LogP contribution in [0.3, 0.4) is 0 Å². The average Bonchev–Trinajstić information content (AvgIpc) is 3.30. The molecule has 180 valence electrons. The molecule has 4 rings (SSSR count). The van der Waals surface area contributed by atoms with E-state index >= 15 is 0 Å². The van der Waals surface area contributed by atoms with Crippen LogP contribution < -0.4 is 0 Å². The van der Waals surface area contributed by atoms with Gasteiger partial charge < -0.3 is 4.90 Å². The summed E-state index contributed by atoms with van der Waals surface area (Å²) >= 11 is 0. The Bertz CT molecular complexity index is 1200. The van der Waals surface area contributed by atoms with Gasteiger partial charge in [-0.25, -0.2) is 8.42 Å². The zero-order valence-corrected chi connectivity index (χ0v) is 20.6. The molecule has 1 heterocycles.